The maximum absolute atomic E-state index is 6.18. The van der Waals surface area contributed by atoms with Crippen LogP contribution in [0, 0.1) is 19.8 Å². The van der Waals surface area contributed by atoms with Crippen LogP contribution in [0.15, 0.2) is 28.1 Å². The number of thiazole rings is 1. The summed E-state index contributed by atoms with van der Waals surface area (Å²) < 4.78 is 14.1. The van der Waals surface area contributed by atoms with Crippen molar-refractivity contribution in [1.82, 2.24) is 24.6 Å². The lowest BCUT2D eigenvalue weighted by atomic mass is 9.90. The molecule has 0 amide bonds. The minimum Gasteiger partial charge on any atom is -0.489 e. The first-order valence-corrected chi connectivity index (χ1v) is 10.9. The van der Waals surface area contributed by atoms with Gasteiger partial charge in [-0.05, 0) is 44.7 Å². The van der Waals surface area contributed by atoms with Gasteiger partial charge in [-0.25, -0.2) is 9.97 Å². The Balaban J connectivity index is 1.46. The van der Waals surface area contributed by atoms with Gasteiger partial charge in [0.2, 0.25) is 0 Å². The van der Waals surface area contributed by atoms with Crippen LogP contribution < -0.4 is 4.74 Å². The topological polar surface area (TPSA) is 78.3 Å². The predicted octanol–water partition coefficient (Wildman–Crippen LogP) is 5.08. The molecule has 150 valence electrons. The third-order valence-electron chi connectivity index (χ3n) is 5.45. The van der Waals surface area contributed by atoms with E-state index >= 15 is 0 Å². The average molecular weight is 410 g/mol. The van der Waals surface area contributed by atoms with Crippen molar-refractivity contribution in [2.24, 2.45) is 5.92 Å². The molecule has 4 aromatic heterocycles. The lowest BCUT2D eigenvalue weighted by Crippen LogP contribution is -2.15. The number of fused-ring (bicyclic) bond motifs is 1. The van der Waals surface area contributed by atoms with Crippen molar-refractivity contribution in [3.63, 3.8) is 0 Å². The van der Waals surface area contributed by atoms with Crippen molar-refractivity contribution in [3.8, 4) is 28.9 Å². The van der Waals surface area contributed by atoms with Crippen LogP contribution in [0.4, 0.5) is 0 Å². The van der Waals surface area contributed by atoms with E-state index in [2.05, 4.69) is 15.2 Å². The molecule has 0 N–H and O–H groups in total. The van der Waals surface area contributed by atoms with Gasteiger partial charge in [0.15, 0.2) is 11.4 Å². The molecule has 0 aliphatic heterocycles. The number of ether oxygens (including phenoxy) is 1. The second kappa shape index (κ2) is 7.59. The highest BCUT2D eigenvalue weighted by Crippen LogP contribution is 2.31. The molecular formula is C21H23N5O2S. The number of imidazole rings is 1. The highest BCUT2D eigenvalue weighted by molar-refractivity contribution is 7.09. The van der Waals surface area contributed by atoms with Gasteiger partial charge in [-0.1, -0.05) is 19.3 Å². The van der Waals surface area contributed by atoms with Gasteiger partial charge in [0.1, 0.15) is 11.4 Å². The molecule has 1 fully saturated rings. The van der Waals surface area contributed by atoms with Gasteiger partial charge in [-0.3, -0.25) is 4.40 Å². The van der Waals surface area contributed by atoms with E-state index in [1.54, 1.807) is 11.3 Å². The van der Waals surface area contributed by atoms with Crippen LogP contribution in [0.3, 0.4) is 0 Å². The molecule has 0 saturated heterocycles. The predicted molar refractivity (Wildman–Crippen MR) is 111 cm³/mol. The Morgan fingerprint density at radius 3 is 2.76 bits per heavy atom. The van der Waals surface area contributed by atoms with Crippen LogP contribution in [-0.2, 0) is 0 Å². The highest BCUT2D eigenvalue weighted by Gasteiger charge is 2.21. The number of pyridine rings is 1. The number of aromatic nitrogens is 5. The van der Waals surface area contributed by atoms with Gasteiger partial charge in [0, 0.05) is 11.6 Å². The number of hydrogen-bond acceptors (Lipinski definition) is 7. The minimum absolute atomic E-state index is 0.420. The zero-order valence-electron chi connectivity index (χ0n) is 16.6. The fourth-order valence-electron chi connectivity index (χ4n) is 3.97. The van der Waals surface area contributed by atoms with E-state index in [-0.39, 0.29) is 0 Å². The Morgan fingerprint density at radius 1 is 1.14 bits per heavy atom. The zero-order chi connectivity index (χ0) is 19.8. The van der Waals surface area contributed by atoms with Gasteiger partial charge < -0.3 is 9.15 Å². The zero-order valence-corrected chi connectivity index (χ0v) is 17.4. The van der Waals surface area contributed by atoms with Gasteiger partial charge in [-0.2, -0.15) is 0 Å². The SMILES string of the molecule is Cc1nc(-c2nnc(-c3c(C)nc4c(OCC5CCCCC5)cccn34)o2)cs1. The van der Waals surface area contributed by atoms with Gasteiger partial charge >= 0.3 is 0 Å². The first-order chi connectivity index (χ1) is 14.2. The molecule has 4 aromatic rings. The standard InChI is InChI=1S/C21H23N5O2S/c1-13-18(21-25-24-20(28-21)16-12-29-14(2)23-16)26-10-6-9-17(19(26)22-13)27-11-15-7-4-3-5-8-15/h6,9-10,12,15H,3-5,7-8,11H2,1-2H3. The first-order valence-electron chi connectivity index (χ1n) is 10.1. The lowest BCUT2D eigenvalue weighted by Gasteiger charge is -2.21. The molecular weight excluding hydrogens is 386 g/mol. The van der Waals surface area contributed by atoms with E-state index in [9.17, 15) is 0 Å². The molecule has 29 heavy (non-hydrogen) atoms. The summed E-state index contributed by atoms with van der Waals surface area (Å²) in [4.78, 5) is 9.16. The molecule has 0 aromatic carbocycles. The number of aryl methyl sites for hydroxylation is 2. The molecule has 0 unspecified atom stereocenters. The van der Waals surface area contributed by atoms with Crippen LogP contribution in [0.5, 0.6) is 5.75 Å². The van der Waals surface area contributed by atoms with Gasteiger partial charge in [0.05, 0.1) is 17.3 Å². The molecule has 1 aliphatic carbocycles. The van der Waals surface area contributed by atoms with Crippen LogP contribution in [0.25, 0.3) is 28.8 Å². The summed E-state index contributed by atoms with van der Waals surface area (Å²) in [6, 6.07) is 3.95. The summed E-state index contributed by atoms with van der Waals surface area (Å²) in [6.45, 7) is 4.65. The summed E-state index contributed by atoms with van der Waals surface area (Å²) >= 11 is 1.56. The van der Waals surface area contributed by atoms with E-state index in [1.165, 1.54) is 32.1 Å². The van der Waals surface area contributed by atoms with E-state index in [0.717, 1.165) is 34.4 Å². The van der Waals surface area contributed by atoms with Crippen molar-refractivity contribution in [3.05, 3.63) is 34.4 Å². The maximum atomic E-state index is 6.18. The second-order valence-electron chi connectivity index (χ2n) is 7.59. The summed E-state index contributed by atoms with van der Waals surface area (Å²) in [5.74, 6) is 2.28. The van der Waals surface area contributed by atoms with Crippen molar-refractivity contribution in [2.45, 2.75) is 46.0 Å². The average Bonchev–Trinajstić information content (AvgIpc) is 3.45. The molecule has 0 bridgehead atoms. The van der Waals surface area contributed by atoms with E-state index < -0.39 is 0 Å². The van der Waals surface area contributed by atoms with Crippen LogP contribution in [0.1, 0.15) is 42.8 Å². The van der Waals surface area contributed by atoms with Crippen molar-refractivity contribution in [1.29, 1.82) is 0 Å². The van der Waals surface area contributed by atoms with Crippen molar-refractivity contribution >= 4 is 17.0 Å². The first kappa shape index (κ1) is 18.3. The fraction of sp³-hybridized carbons (Fsp3) is 0.429. The Kier molecular flexibility index (Phi) is 4.79. The van der Waals surface area contributed by atoms with E-state index in [1.807, 2.05) is 42.0 Å². The highest BCUT2D eigenvalue weighted by atomic mass is 32.1. The van der Waals surface area contributed by atoms with Crippen LogP contribution in [0.2, 0.25) is 0 Å². The minimum atomic E-state index is 0.420. The normalized spacial score (nSPS) is 15.2. The Labute approximate surface area is 172 Å². The van der Waals surface area contributed by atoms with Gasteiger partial charge in [0.25, 0.3) is 11.8 Å². The third-order valence-corrected chi connectivity index (χ3v) is 6.23. The smallest absolute Gasteiger partial charge is 0.267 e. The second-order valence-corrected chi connectivity index (χ2v) is 8.65. The number of rotatable bonds is 5. The molecule has 5 rings (SSSR count). The van der Waals surface area contributed by atoms with Crippen LogP contribution in [-0.4, -0.2) is 31.2 Å². The maximum Gasteiger partial charge on any atom is 0.267 e. The van der Waals surface area contributed by atoms with Gasteiger partial charge in [-0.15, -0.1) is 21.5 Å². The summed E-state index contributed by atoms with van der Waals surface area (Å²) in [6.07, 6.45) is 8.42. The summed E-state index contributed by atoms with van der Waals surface area (Å²) in [5, 5.41) is 11.3. The largest absolute Gasteiger partial charge is 0.489 e. The van der Waals surface area contributed by atoms with Crippen molar-refractivity contribution < 1.29 is 9.15 Å². The molecule has 7 nitrogen and oxygen atoms in total. The molecule has 8 heteroatoms. The quantitative estimate of drug-likeness (QED) is 0.457. The molecule has 0 spiro atoms. The molecule has 0 radical (unpaired) electrons. The Hall–Kier alpha value is -2.74. The third kappa shape index (κ3) is 3.53. The van der Waals surface area contributed by atoms with E-state index in [0.29, 0.717) is 23.4 Å². The summed E-state index contributed by atoms with van der Waals surface area (Å²) in [7, 11) is 0. The summed E-state index contributed by atoms with van der Waals surface area (Å²) in [5.41, 5.74) is 3.09. The molecule has 1 saturated carbocycles. The van der Waals surface area contributed by atoms with E-state index in [4.69, 9.17) is 14.1 Å². The fourth-order valence-corrected chi connectivity index (χ4v) is 4.56. The van der Waals surface area contributed by atoms with Crippen molar-refractivity contribution in [2.75, 3.05) is 6.61 Å². The molecule has 1 aliphatic rings. The molecule has 0 atom stereocenters. The Morgan fingerprint density at radius 2 is 1.97 bits per heavy atom. The number of hydrogen-bond donors (Lipinski definition) is 0. The lowest BCUT2D eigenvalue weighted by molar-refractivity contribution is 0.210. The Bertz CT molecular complexity index is 1140. The number of nitrogens with zero attached hydrogens (tertiary/aromatic N) is 5. The monoisotopic (exact) mass is 409 g/mol. The molecule has 4 heterocycles. The van der Waals surface area contributed by atoms with Crippen LogP contribution >= 0.6 is 11.3 Å².